The molecule has 0 atom stereocenters. The number of esters is 1. The smallest absolute Gasteiger partial charge is 0.337 e. The molecule has 0 aliphatic rings. The highest BCUT2D eigenvalue weighted by molar-refractivity contribution is 7.92. The summed E-state index contributed by atoms with van der Waals surface area (Å²) in [5.41, 5.74) is 0.312. The van der Waals surface area contributed by atoms with Gasteiger partial charge in [0.2, 0.25) is 5.91 Å². The predicted octanol–water partition coefficient (Wildman–Crippen LogP) is 4.50. The van der Waals surface area contributed by atoms with E-state index in [9.17, 15) is 22.4 Å². The molecule has 11 heteroatoms. The largest absolute Gasteiger partial charge is 0.494 e. The molecule has 0 saturated carbocycles. The number of carbonyl (C=O) groups is 2. The van der Waals surface area contributed by atoms with Crippen LogP contribution in [0.15, 0.2) is 71.6 Å². The van der Waals surface area contributed by atoms with E-state index in [0.29, 0.717) is 12.4 Å². The van der Waals surface area contributed by atoms with E-state index in [1.165, 1.54) is 61.7 Å². The van der Waals surface area contributed by atoms with Crippen molar-refractivity contribution in [1.82, 2.24) is 0 Å². The highest BCUT2D eigenvalue weighted by atomic mass is 35.5. The molecule has 1 amide bonds. The lowest BCUT2D eigenvalue weighted by Crippen LogP contribution is -2.38. The number of anilines is 2. The van der Waals surface area contributed by atoms with E-state index in [4.69, 9.17) is 16.3 Å². The Morgan fingerprint density at radius 2 is 1.69 bits per heavy atom. The van der Waals surface area contributed by atoms with E-state index in [0.717, 1.165) is 16.4 Å². The SMILES string of the molecule is CCOc1ccc(S(=O)(=O)N(CC(=O)Nc2cc(C(=O)OC)ccc2Cl)c2ccc(F)cc2)cc1. The second-order valence-corrected chi connectivity index (χ2v) is 9.40. The molecular formula is C24H22ClFN2O6S. The first-order chi connectivity index (χ1) is 16.6. The van der Waals surface area contributed by atoms with Crippen molar-refractivity contribution in [3.8, 4) is 5.75 Å². The van der Waals surface area contributed by atoms with Crippen LogP contribution in [0.5, 0.6) is 5.75 Å². The fourth-order valence-corrected chi connectivity index (χ4v) is 4.70. The molecule has 0 saturated heterocycles. The van der Waals surface area contributed by atoms with E-state index < -0.39 is 34.3 Å². The van der Waals surface area contributed by atoms with Crippen LogP contribution in [0, 0.1) is 5.82 Å². The molecule has 3 rings (SSSR count). The second-order valence-electron chi connectivity index (χ2n) is 7.13. The van der Waals surface area contributed by atoms with Crippen molar-refractivity contribution in [1.29, 1.82) is 0 Å². The van der Waals surface area contributed by atoms with E-state index in [-0.39, 0.29) is 26.9 Å². The Bertz CT molecular complexity index is 1310. The van der Waals surface area contributed by atoms with Crippen molar-refractivity contribution in [3.05, 3.63) is 83.1 Å². The standard InChI is InChI=1S/C24H22ClFN2O6S/c1-3-34-19-9-11-20(12-10-19)35(31,32)28(18-7-5-17(26)6-8-18)15-23(29)27-22-14-16(24(30)33-2)4-13-21(22)25/h4-14H,3,15H2,1-2H3,(H,27,29). The molecule has 0 fully saturated rings. The first-order valence-electron chi connectivity index (χ1n) is 10.3. The molecule has 184 valence electrons. The maximum absolute atomic E-state index is 13.5. The highest BCUT2D eigenvalue weighted by Crippen LogP contribution is 2.27. The minimum Gasteiger partial charge on any atom is -0.494 e. The summed E-state index contributed by atoms with van der Waals surface area (Å²) in [4.78, 5) is 24.6. The summed E-state index contributed by atoms with van der Waals surface area (Å²) in [6.45, 7) is 1.56. The van der Waals surface area contributed by atoms with Gasteiger partial charge in [0.15, 0.2) is 0 Å². The van der Waals surface area contributed by atoms with Gasteiger partial charge in [0, 0.05) is 0 Å². The van der Waals surface area contributed by atoms with Crippen LogP contribution < -0.4 is 14.4 Å². The van der Waals surface area contributed by atoms with Gasteiger partial charge in [0.05, 0.1) is 40.6 Å². The maximum Gasteiger partial charge on any atom is 0.337 e. The minimum absolute atomic E-state index is 0.0739. The monoisotopic (exact) mass is 520 g/mol. The third kappa shape index (κ3) is 6.28. The van der Waals surface area contributed by atoms with Gasteiger partial charge in [0.1, 0.15) is 18.1 Å². The van der Waals surface area contributed by atoms with Gasteiger partial charge in [0.25, 0.3) is 10.0 Å². The zero-order valence-corrected chi connectivity index (χ0v) is 20.4. The molecule has 0 aromatic heterocycles. The number of nitrogens with one attached hydrogen (secondary N) is 1. The van der Waals surface area contributed by atoms with Crippen LogP contribution in [-0.2, 0) is 19.6 Å². The molecule has 0 aliphatic carbocycles. The van der Waals surface area contributed by atoms with Gasteiger partial charge >= 0.3 is 5.97 Å². The maximum atomic E-state index is 13.5. The van der Waals surface area contributed by atoms with E-state index >= 15 is 0 Å². The summed E-state index contributed by atoms with van der Waals surface area (Å²) in [5.74, 6) is -1.46. The zero-order valence-electron chi connectivity index (χ0n) is 18.8. The fraction of sp³-hybridized carbons (Fsp3) is 0.167. The lowest BCUT2D eigenvalue weighted by molar-refractivity contribution is -0.114. The Balaban J connectivity index is 1.93. The van der Waals surface area contributed by atoms with Gasteiger partial charge in [-0.2, -0.15) is 0 Å². The Hall–Kier alpha value is -3.63. The number of benzene rings is 3. The number of ether oxygens (including phenoxy) is 2. The van der Waals surface area contributed by atoms with Crippen molar-refractivity contribution in [2.45, 2.75) is 11.8 Å². The van der Waals surface area contributed by atoms with Gasteiger partial charge in [-0.1, -0.05) is 11.6 Å². The van der Waals surface area contributed by atoms with Gasteiger partial charge in [-0.3, -0.25) is 9.10 Å². The van der Waals surface area contributed by atoms with Crippen molar-refractivity contribution in [2.75, 3.05) is 29.9 Å². The number of carbonyl (C=O) groups excluding carboxylic acids is 2. The highest BCUT2D eigenvalue weighted by Gasteiger charge is 2.28. The number of halogens is 2. The number of amides is 1. The quantitative estimate of drug-likeness (QED) is 0.417. The topological polar surface area (TPSA) is 102 Å². The van der Waals surface area contributed by atoms with Gasteiger partial charge < -0.3 is 14.8 Å². The van der Waals surface area contributed by atoms with Crippen LogP contribution in [0.3, 0.4) is 0 Å². The molecule has 35 heavy (non-hydrogen) atoms. The Morgan fingerprint density at radius 3 is 2.29 bits per heavy atom. The van der Waals surface area contributed by atoms with Crippen LogP contribution in [-0.4, -0.2) is 40.6 Å². The first kappa shape index (κ1) is 26.0. The summed E-state index contributed by atoms with van der Waals surface area (Å²) in [7, 11) is -3.02. The molecular weight excluding hydrogens is 499 g/mol. The summed E-state index contributed by atoms with van der Waals surface area (Å²) in [6.07, 6.45) is 0. The molecule has 0 unspecified atom stereocenters. The molecule has 0 aliphatic heterocycles. The Labute approximate surface area is 207 Å². The van der Waals surface area contributed by atoms with Crippen LogP contribution in [0.1, 0.15) is 17.3 Å². The second kappa shape index (κ2) is 11.2. The van der Waals surface area contributed by atoms with Crippen LogP contribution >= 0.6 is 11.6 Å². The Kier molecular flexibility index (Phi) is 8.31. The number of hydrogen-bond acceptors (Lipinski definition) is 6. The lowest BCUT2D eigenvalue weighted by Gasteiger charge is -2.24. The van der Waals surface area contributed by atoms with Crippen molar-refractivity contribution in [3.63, 3.8) is 0 Å². The molecule has 8 nitrogen and oxygen atoms in total. The summed E-state index contributed by atoms with van der Waals surface area (Å²) in [5, 5.41) is 2.64. The fourth-order valence-electron chi connectivity index (χ4n) is 3.11. The predicted molar refractivity (Wildman–Crippen MR) is 130 cm³/mol. The number of methoxy groups -OCH3 is 1. The van der Waals surface area contributed by atoms with E-state index in [1.54, 1.807) is 6.92 Å². The van der Waals surface area contributed by atoms with Crippen molar-refractivity contribution < 1.29 is 31.9 Å². The molecule has 3 aromatic carbocycles. The molecule has 1 N–H and O–H groups in total. The summed E-state index contributed by atoms with van der Waals surface area (Å²) >= 11 is 6.13. The number of sulfonamides is 1. The average molecular weight is 521 g/mol. The molecule has 3 aromatic rings. The van der Waals surface area contributed by atoms with Crippen molar-refractivity contribution >= 4 is 44.9 Å². The normalized spacial score (nSPS) is 11.0. The Morgan fingerprint density at radius 1 is 1.03 bits per heavy atom. The third-order valence-electron chi connectivity index (χ3n) is 4.79. The minimum atomic E-state index is -4.23. The third-order valence-corrected chi connectivity index (χ3v) is 6.90. The number of nitrogens with zero attached hydrogens (tertiary/aromatic N) is 1. The first-order valence-corrected chi connectivity index (χ1v) is 12.2. The van der Waals surface area contributed by atoms with Crippen molar-refractivity contribution in [2.24, 2.45) is 0 Å². The summed E-state index contributed by atoms with van der Waals surface area (Å²) < 4.78 is 51.3. The molecule has 0 bridgehead atoms. The molecule has 0 radical (unpaired) electrons. The molecule has 0 heterocycles. The number of hydrogen-bond donors (Lipinski definition) is 1. The average Bonchev–Trinajstić information content (AvgIpc) is 2.84. The van der Waals surface area contributed by atoms with E-state index in [2.05, 4.69) is 10.1 Å². The molecule has 0 spiro atoms. The van der Waals surface area contributed by atoms with Crippen LogP contribution in [0.4, 0.5) is 15.8 Å². The van der Waals surface area contributed by atoms with Gasteiger partial charge in [-0.25, -0.2) is 17.6 Å². The number of rotatable bonds is 9. The van der Waals surface area contributed by atoms with Crippen LogP contribution in [0.2, 0.25) is 5.02 Å². The van der Waals surface area contributed by atoms with Gasteiger partial charge in [-0.15, -0.1) is 0 Å². The van der Waals surface area contributed by atoms with Gasteiger partial charge in [-0.05, 0) is 73.7 Å². The van der Waals surface area contributed by atoms with E-state index in [1.807, 2.05) is 0 Å². The summed E-state index contributed by atoms with van der Waals surface area (Å²) in [6, 6.07) is 14.5. The zero-order chi connectivity index (χ0) is 25.6. The van der Waals surface area contributed by atoms with Crippen LogP contribution in [0.25, 0.3) is 0 Å². The lowest BCUT2D eigenvalue weighted by atomic mass is 10.2.